The SMILES string of the molecule is CC(C)(C)OC(=O)NC1CCCCCCCC2CC2NC=C2CCCN2C1. The number of carbonyl (C=O) groups excluding carboxylic acids is 1. The van der Waals surface area contributed by atoms with Gasteiger partial charge in [0.15, 0.2) is 0 Å². The number of allylic oxidation sites excluding steroid dienone is 1. The molecule has 3 unspecified atom stereocenters. The van der Waals surface area contributed by atoms with Gasteiger partial charge in [0.05, 0.1) is 0 Å². The largest absolute Gasteiger partial charge is 0.444 e. The van der Waals surface area contributed by atoms with Crippen molar-refractivity contribution in [2.45, 2.75) is 103 Å². The molecule has 1 saturated carbocycles. The average molecular weight is 378 g/mol. The monoisotopic (exact) mass is 377 g/mol. The van der Waals surface area contributed by atoms with Gasteiger partial charge in [0.1, 0.15) is 5.60 Å². The number of hydrogen-bond donors (Lipinski definition) is 2. The standard InChI is InChI=1S/C22H39N3O2/c1-22(2,3)27-21(26)24-18-11-8-6-4-5-7-10-17-14-20(17)23-15-19-12-9-13-25(19)16-18/h15,17-18,20,23H,4-14,16H2,1-3H3,(H,24,26). The highest BCUT2D eigenvalue weighted by atomic mass is 16.6. The number of nitrogens with one attached hydrogen (secondary N) is 2. The Morgan fingerprint density at radius 2 is 1.89 bits per heavy atom. The van der Waals surface area contributed by atoms with Gasteiger partial charge in [-0.25, -0.2) is 4.79 Å². The molecule has 5 heteroatoms. The molecular weight excluding hydrogens is 338 g/mol. The molecule has 1 amide bonds. The maximum Gasteiger partial charge on any atom is 0.407 e. The molecule has 3 aliphatic rings. The summed E-state index contributed by atoms with van der Waals surface area (Å²) in [4.78, 5) is 14.8. The molecule has 0 bridgehead atoms. The van der Waals surface area contributed by atoms with Crippen molar-refractivity contribution < 1.29 is 9.53 Å². The minimum atomic E-state index is -0.451. The second-order valence-corrected chi connectivity index (χ2v) is 9.64. The lowest BCUT2D eigenvalue weighted by atomic mass is 10.0. The first-order valence-electron chi connectivity index (χ1n) is 11.1. The van der Waals surface area contributed by atoms with Crippen molar-refractivity contribution in [3.63, 3.8) is 0 Å². The molecule has 2 N–H and O–H groups in total. The average Bonchev–Trinajstić information content (AvgIpc) is 3.17. The summed E-state index contributed by atoms with van der Waals surface area (Å²) >= 11 is 0. The Hall–Kier alpha value is -1.39. The van der Waals surface area contributed by atoms with E-state index in [1.807, 2.05) is 20.8 Å². The van der Waals surface area contributed by atoms with Crippen LogP contribution in [0.1, 0.15) is 85.0 Å². The van der Waals surface area contributed by atoms with Crippen LogP contribution in [0.15, 0.2) is 11.9 Å². The molecule has 1 aliphatic carbocycles. The highest BCUT2D eigenvalue weighted by Gasteiger charge is 2.35. The van der Waals surface area contributed by atoms with Crippen LogP contribution in [-0.2, 0) is 4.74 Å². The van der Waals surface area contributed by atoms with Crippen molar-refractivity contribution in [2.24, 2.45) is 5.92 Å². The van der Waals surface area contributed by atoms with Crippen LogP contribution in [0.5, 0.6) is 0 Å². The number of ether oxygens (including phenoxy) is 1. The van der Waals surface area contributed by atoms with Crippen LogP contribution in [-0.4, -0.2) is 41.8 Å². The van der Waals surface area contributed by atoms with Crippen LogP contribution in [0.4, 0.5) is 4.79 Å². The predicted molar refractivity (Wildman–Crippen MR) is 109 cm³/mol. The molecule has 1 saturated heterocycles. The Balaban J connectivity index is 1.61. The van der Waals surface area contributed by atoms with Crippen LogP contribution in [0.2, 0.25) is 0 Å². The second-order valence-electron chi connectivity index (χ2n) is 9.64. The molecular formula is C22H39N3O2. The summed E-state index contributed by atoms with van der Waals surface area (Å²) in [5.74, 6) is 0.892. The van der Waals surface area contributed by atoms with Crippen LogP contribution in [0.3, 0.4) is 0 Å². The van der Waals surface area contributed by atoms with Gasteiger partial charge in [-0.2, -0.15) is 0 Å². The molecule has 2 fully saturated rings. The maximum absolute atomic E-state index is 12.3. The van der Waals surface area contributed by atoms with E-state index < -0.39 is 5.60 Å². The molecule has 3 rings (SSSR count). The third kappa shape index (κ3) is 6.93. The molecule has 0 aromatic heterocycles. The first-order chi connectivity index (χ1) is 12.9. The highest BCUT2D eigenvalue weighted by molar-refractivity contribution is 5.68. The minimum Gasteiger partial charge on any atom is -0.444 e. The number of rotatable bonds is 1. The van der Waals surface area contributed by atoms with Crippen molar-refractivity contribution in [3.8, 4) is 0 Å². The lowest BCUT2D eigenvalue weighted by Crippen LogP contribution is -2.44. The van der Waals surface area contributed by atoms with E-state index in [-0.39, 0.29) is 12.1 Å². The van der Waals surface area contributed by atoms with Crippen LogP contribution in [0.25, 0.3) is 0 Å². The Labute approximate surface area is 165 Å². The van der Waals surface area contributed by atoms with Gasteiger partial charge in [-0.3, -0.25) is 0 Å². The Morgan fingerprint density at radius 1 is 1.15 bits per heavy atom. The van der Waals surface area contributed by atoms with Gasteiger partial charge in [0, 0.05) is 37.1 Å². The van der Waals surface area contributed by atoms with Crippen molar-refractivity contribution in [3.05, 3.63) is 11.9 Å². The second kappa shape index (κ2) is 9.20. The van der Waals surface area contributed by atoms with E-state index in [9.17, 15) is 4.79 Å². The van der Waals surface area contributed by atoms with Crippen LogP contribution < -0.4 is 10.6 Å². The topological polar surface area (TPSA) is 53.6 Å². The highest BCUT2D eigenvalue weighted by Crippen LogP contribution is 2.36. The zero-order chi connectivity index (χ0) is 19.3. The first kappa shape index (κ1) is 20.3. The normalized spacial score (nSPS) is 30.0. The molecule has 2 heterocycles. The smallest absolute Gasteiger partial charge is 0.407 e. The van der Waals surface area contributed by atoms with E-state index in [0.29, 0.717) is 6.04 Å². The molecule has 2 aliphatic heterocycles. The van der Waals surface area contributed by atoms with Crippen molar-refractivity contribution in [1.82, 2.24) is 15.5 Å². The van der Waals surface area contributed by atoms with Crippen LogP contribution >= 0.6 is 0 Å². The van der Waals surface area contributed by atoms with E-state index in [1.165, 1.54) is 57.1 Å². The predicted octanol–water partition coefficient (Wildman–Crippen LogP) is 4.54. The summed E-state index contributed by atoms with van der Waals surface area (Å²) in [6.45, 7) is 7.73. The van der Waals surface area contributed by atoms with E-state index >= 15 is 0 Å². The quantitative estimate of drug-likeness (QED) is 0.704. The van der Waals surface area contributed by atoms with Gasteiger partial charge in [-0.1, -0.05) is 32.1 Å². The summed E-state index contributed by atoms with van der Waals surface area (Å²) < 4.78 is 5.50. The number of hydrogen-bond acceptors (Lipinski definition) is 4. The molecule has 154 valence electrons. The minimum absolute atomic E-state index is 0.153. The summed E-state index contributed by atoms with van der Waals surface area (Å²) in [6.07, 6.45) is 14.6. The fourth-order valence-electron chi connectivity index (χ4n) is 4.38. The number of fused-ring (bicyclic) bond motifs is 2. The van der Waals surface area contributed by atoms with Crippen molar-refractivity contribution >= 4 is 6.09 Å². The summed E-state index contributed by atoms with van der Waals surface area (Å²) in [5.41, 5.74) is 0.958. The van der Waals surface area contributed by atoms with Crippen molar-refractivity contribution in [1.29, 1.82) is 0 Å². The van der Waals surface area contributed by atoms with Crippen molar-refractivity contribution in [2.75, 3.05) is 13.1 Å². The van der Waals surface area contributed by atoms with Gasteiger partial charge in [0.25, 0.3) is 0 Å². The third-order valence-corrected chi connectivity index (χ3v) is 5.94. The number of nitrogens with zero attached hydrogens (tertiary/aromatic N) is 1. The Kier molecular flexibility index (Phi) is 6.93. The lowest BCUT2D eigenvalue weighted by molar-refractivity contribution is 0.0492. The third-order valence-electron chi connectivity index (χ3n) is 5.94. The molecule has 0 aromatic rings. The fraction of sp³-hybridized carbons (Fsp3) is 0.864. The zero-order valence-electron chi connectivity index (χ0n) is 17.6. The van der Waals surface area contributed by atoms with Gasteiger partial charge >= 0.3 is 6.09 Å². The maximum atomic E-state index is 12.3. The Morgan fingerprint density at radius 3 is 2.67 bits per heavy atom. The van der Waals surface area contributed by atoms with Crippen LogP contribution in [0, 0.1) is 5.92 Å². The molecule has 0 radical (unpaired) electrons. The van der Waals surface area contributed by atoms with Gasteiger partial charge in [-0.05, 0) is 58.8 Å². The molecule has 3 atom stereocenters. The summed E-state index contributed by atoms with van der Waals surface area (Å²) in [5, 5.41) is 6.82. The number of amides is 1. The molecule has 27 heavy (non-hydrogen) atoms. The van der Waals surface area contributed by atoms with E-state index in [1.54, 1.807) is 0 Å². The van der Waals surface area contributed by atoms with Gasteiger partial charge < -0.3 is 20.3 Å². The van der Waals surface area contributed by atoms with E-state index in [4.69, 9.17) is 4.74 Å². The molecule has 0 spiro atoms. The Bertz CT molecular complexity index is 526. The van der Waals surface area contributed by atoms with E-state index in [2.05, 4.69) is 21.7 Å². The number of alkyl carbamates (subject to hydrolysis) is 1. The molecule has 5 nitrogen and oxygen atoms in total. The zero-order valence-corrected chi connectivity index (χ0v) is 17.6. The van der Waals surface area contributed by atoms with E-state index in [0.717, 1.165) is 31.8 Å². The van der Waals surface area contributed by atoms with Gasteiger partial charge in [-0.15, -0.1) is 0 Å². The van der Waals surface area contributed by atoms with Gasteiger partial charge in [0.2, 0.25) is 0 Å². The fourth-order valence-corrected chi connectivity index (χ4v) is 4.38. The first-order valence-corrected chi connectivity index (χ1v) is 11.1. The molecule has 0 aromatic carbocycles. The summed E-state index contributed by atoms with van der Waals surface area (Å²) in [6, 6.07) is 0.848. The number of carbonyl (C=O) groups is 1. The summed E-state index contributed by atoms with van der Waals surface area (Å²) in [7, 11) is 0. The lowest BCUT2D eigenvalue weighted by Gasteiger charge is -2.28.